The first-order valence-electron chi connectivity index (χ1n) is 8.24. The summed E-state index contributed by atoms with van der Waals surface area (Å²) in [6, 6.07) is 7.62. The number of fused-ring (bicyclic) bond motifs is 1. The molecular weight excluding hydrogens is 262 g/mol. The summed E-state index contributed by atoms with van der Waals surface area (Å²) in [5, 5.41) is 0. The third kappa shape index (κ3) is 3.79. The highest BCUT2D eigenvalue weighted by Crippen LogP contribution is 2.28. The summed E-state index contributed by atoms with van der Waals surface area (Å²) < 4.78 is 0. The minimum Gasteiger partial charge on any atom is -0.300 e. The molecule has 0 radical (unpaired) electrons. The monoisotopic (exact) mass is 291 g/mol. The van der Waals surface area contributed by atoms with Crippen molar-refractivity contribution in [3.63, 3.8) is 0 Å². The van der Waals surface area contributed by atoms with E-state index in [2.05, 4.69) is 49.6 Å². The molecule has 1 aromatic carbocycles. The number of benzene rings is 1. The second kappa shape index (κ2) is 8.09. The zero-order valence-electron chi connectivity index (χ0n) is 13.1. The summed E-state index contributed by atoms with van der Waals surface area (Å²) in [5.74, 6) is 0.953. The molecule has 0 aliphatic heterocycles. The molecule has 0 amide bonds. The highest BCUT2D eigenvalue weighted by atomic mass is 32.1. The van der Waals surface area contributed by atoms with E-state index in [1.54, 1.807) is 11.1 Å². The van der Waals surface area contributed by atoms with Gasteiger partial charge in [-0.15, -0.1) is 0 Å². The van der Waals surface area contributed by atoms with Crippen LogP contribution in [0.25, 0.3) is 0 Å². The molecule has 0 aromatic heterocycles. The molecule has 0 bridgehead atoms. The van der Waals surface area contributed by atoms with Crippen LogP contribution in [0.1, 0.15) is 49.8 Å². The molecule has 1 atom stereocenters. The molecule has 0 saturated heterocycles. The number of aryl methyl sites for hydroxylation is 2. The van der Waals surface area contributed by atoms with Gasteiger partial charge in [0.2, 0.25) is 0 Å². The molecular formula is C18H29NS. The first-order chi connectivity index (χ1) is 9.80. The molecule has 1 aliphatic rings. The smallest absolute Gasteiger partial charge is 0.0139 e. The van der Waals surface area contributed by atoms with Gasteiger partial charge in [0.05, 0.1) is 0 Å². The van der Waals surface area contributed by atoms with E-state index in [1.165, 1.54) is 50.8 Å². The largest absolute Gasteiger partial charge is 0.300 e. The lowest BCUT2D eigenvalue weighted by atomic mass is 9.84. The predicted molar refractivity (Wildman–Crippen MR) is 92.0 cm³/mol. The minimum atomic E-state index is 0.753. The van der Waals surface area contributed by atoms with Crippen LogP contribution < -0.4 is 0 Å². The third-order valence-corrected chi connectivity index (χ3v) is 4.70. The van der Waals surface area contributed by atoms with E-state index in [0.29, 0.717) is 0 Å². The molecule has 0 heterocycles. The van der Waals surface area contributed by atoms with Crippen molar-refractivity contribution in [2.75, 3.05) is 18.8 Å². The van der Waals surface area contributed by atoms with E-state index in [0.717, 1.165) is 18.2 Å². The summed E-state index contributed by atoms with van der Waals surface area (Å²) in [6.45, 7) is 7.10. The number of hydrogen-bond acceptors (Lipinski definition) is 2. The van der Waals surface area contributed by atoms with E-state index in [1.807, 2.05) is 0 Å². The number of thiol groups is 1. The molecule has 20 heavy (non-hydrogen) atoms. The second-order valence-electron chi connectivity index (χ2n) is 5.96. The fourth-order valence-corrected chi connectivity index (χ4v) is 3.80. The Kier molecular flexibility index (Phi) is 6.44. The van der Waals surface area contributed by atoms with Gasteiger partial charge in [-0.3, -0.25) is 0 Å². The molecule has 1 aromatic rings. The van der Waals surface area contributed by atoms with Crippen LogP contribution in [-0.2, 0) is 19.3 Å². The molecule has 1 unspecified atom stereocenters. The van der Waals surface area contributed by atoms with Crippen molar-refractivity contribution in [3.05, 3.63) is 34.9 Å². The summed E-state index contributed by atoms with van der Waals surface area (Å²) in [6.07, 6.45) is 7.48. The lowest BCUT2D eigenvalue weighted by Gasteiger charge is -2.36. The van der Waals surface area contributed by atoms with Crippen LogP contribution in [-0.4, -0.2) is 29.8 Å². The zero-order chi connectivity index (χ0) is 14.4. The second-order valence-corrected chi connectivity index (χ2v) is 6.41. The minimum absolute atomic E-state index is 0.753. The lowest BCUT2D eigenvalue weighted by Crippen LogP contribution is -2.40. The topological polar surface area (TPSA) is 3.24 Å². The van der Waals surface area contributed by atoms with Crippen LogP contribution in [0.3, 0.4) is 0 Å². The third-order valence-electron chi connectivity index (χ3n) is 4.48. The fraction of sp³-hybridized carbons (Fsp3) is 0.667. The van der Waals surface area contributed by atoms with Crippen LogP contribution >= 0.6 is 12.6 Å². The Hall–Kier alpha value is -0.470. The van der Waals surface area contributed by atoms with Crippen molar-refractivity contribution in [2.45, 2.75) is 58.4 Å². The van der Waals surface area contributed by atoms with Crippen molar-refractivity contribution >= 4 is 12.6 Å². The van der Waals surface area contributed by atoms with Crippen molar-refractivity contribution in [2.24, 2.45) is 0 Å². The molecule has 0 fully saturated rings. The normalized spacial score (nSPS) is 18.3. The van der Waals surface area contributed by atoms with E-state index in [-0.39, 0.29) is 0 Å². The highest BCUT2D eigenvalue weighted by Gasteiger charge is 2.24. The predicted octanol–water partition coefficient (Wildman–Crippen LogP) is 4.14. The van der Waals surface area contributed by atoms with Gasteiger partial charge in [-0.25, -0.2) is 0 Å². The molecule has 0 saturated carbocycles. The molecule has 2 heteroatoms. The van der Waals surface area contributed by atoms with Gasteiger partial charge in [0.25, 0.3) is 0 Å². The van der Waals surface area contributed by atoms with Crippen LogP contribution in [0.2, 0.25) is 0 Å². The van der Waals surface area contributed by atoms with Gasteiger partial charge >= 0.3 is 0 Å². The molecule has 0 N–H and O–H groups in total. The van der Waals surface area contributed by atoms with E-state index in [9.17, 15) is 0 Å². The maximum Gasteiger partial charge on any atom is 0.0139 e. The standard InChI is InChI=1S/C18H29NS/c1-3-11-19(12-4-2)17-9-8-15-6-5-7-16(10-13-20)18(15)14-17/h5-7,17,20H,3-4,8-14H2,1-2H3. The van der Waals surface area contributed by atoms with Crippen LogP contribution in [0.15, 0.2) is 18.2 Å². The van der Waals surface area contributed by atoms with Gasteiger partial charge in [-0.05, 0) is 74.1 Å². The summed E-state index contributed by atoms with van der Waals surface area (Å²) >= 11 is 4.42. The Morgan fingerprint density at radius 2 is 1.95 bits per heavy atom. The van der Waals surface area contributed by atoms with Crippen molar-refractivity contribution < 1.29 is 0 Å². The maximum absolute atomic E-state index is 4.42. The Morgan fingerprint density at radius 3 is 2.60 bits per heavy atom. The van der Waals surface area contributed by atoms with Crippen LogP contribution in [0, 0.1) is 0 Å². The number of nitrogens with zero attached hydrogens (tertiary/aromatic N) is 1. The van der Waals surface area contributed by atoms with Crippen molar-refractivity contribution in [1.29, 1.82) is 0 Å². The fourth-order valence-electron chi connectivity index (χ4n) is 3.56. The van der Waals surface area contributed by atoms with E-state index < -0.39 is 0 Å². The average molecular weight is 292 g/mol. The van der Waals surface area contributed by atoms with E-state index in [4.69, 9.17) is 0 Å². The van der Waals surface area contributed by atoms with Gasteiger partial charge in [0.15, 0.2) is 0 Å². The summed E-state index contributed by atoms with van der Waals surface area (Å²) in [5.41, 5.74) is 4.76. The first kappa shape index (κ1) is 15.9. The van der Waals surface area contributed by atoms with Crippen molar-refractivity contribution in [1.82, 2.24) is 4.90 Å². The number of hydrogen-bond donors (Lipinski definition) is 1. The maximum atomic E-state index is 4.42. The van der Waals surface area contributed by atoms with Gasteiger partial charge in [-0.1, -0.05) is 32.0 Å². The quantitative estimate of drug-likeness (QED) is 0.739. The first-order valence-corrected chi connectivity index (χ1v) is 8.87. The summed E-state index contributed by atoms with van der Waals surface area (Å²) in [4.78, 5) is 2.72. The van der Waals surface area contributed by atoms with E-state index >= 15 is 0 Å². The SMILES string of the molecule is CCCN(CCC)C1CCc2cccc(CCS)c2C1. The molecule has 1 aliphatic carbocycles. The van der Waals surface area contributed by atoms with Gasteiger partial charge in [0.1, 0.15) is 0 Å². The van der Waals surface area contributed by atoms with Crippen molar-refractivity contribution in [3.8, 4) is 0 Å². The Bertz CT molecular complexity index is 410. The van der Waals surface area contributed by atoms with Crippen LogP contribution in [0.4, 0.5) is 0 Å². The highest BCUT2D eigenvalue weighted by molar-refractivity contribution is 7.80. The molecule has 2 rings (SSSR count). The summed E-state index contributed by atoms with van der Waals surface area (Å²) in [7, 11) is 0. The zero-order valence-corrected chi connectivity index (χ0v) is 14.0. The Labute approximate surface area is 130 Å². The Morgan fingerprint density at radius 1 is 1.20 bits per heavy atom. The molecule has 0 spiro atoms. The average Bonchev–Trinajstić information content (AvgIpc) is 2.47. The molecule has 1 nitrogen and oxygen atoms in total. The lowest BCUT2D eigenvalue weighted by molar-refractivity contribution is 0.180. The van der Waals surface area contributed by atoms with Gasteiger partial charge < -0.3 is 4.90 Å². The van der Waals surface area contributed by atoms with Gasteiger partial charge in [0, 0.05) is 6.04 Å². The molecule has 112 valence electrons. The van der Waals surface area contributed by atoms with Crippen LogP contribution in [0.5, 0.6) is 0 Å². The number of rotatable bonds is 7. The van der Waals surface area contributed by atoms with Gasteiger partial charge in [-0.2, -0.15) is 12.6 Å². The Balaban J connectivity index is 2.15.